The van der Waals surface area contributed by atoms with Crippen LogP contribution in [0.25, 0.3) is 0 Å². The van der Waals surface area contributed by atoms with Crippen LogP contribution in [0, 0.1) is 0 Å². The molecule has 3 heteroatoms. The van der Waals surface area contributed by atoms with Crippen LogP contribution >= 0.6 is 0 Å². The number of nitrogens with zero attached hydrogens (tertiary/aromatic N) is 1. The molecule has 1 aliphatic rings. The second kappa shape index (κ2) is 4.80. The molecule has 0 aliphatic carbocycles. The van der Waals surface area contributed by atoms with Crippen LogP contribution in [0.1, 0.15) is 19.3 Å². The standard InChI is InChI=1S/C9H15NO2/c1-12-9(11)5-8-10-6-3-2-4-7-10/h5,8H,2-4,6-7H2,1H3/b8-5+. The number of likely N-dealkylation sites (tertiary alicyclic amines) is 1. The first-order valence-electron chi connectivity index (χ1n) is 4.33. The van der Waals surface area contributed by atoms with Gasteiger partial charge in [-0.15, -0.1) is 0 Å². The molecule has 1 rings (SSSR count). The fourth-order valence-corrected chi connectivity index (χ4v) is 1.30. The monoisotopic (exact) mass is 169 g/mol. The zero-order valence-corrected chi connectivity index (χ0v) is 7.45. The maximum Gasteiger partial charge on any atom is 0.331 e. The third-order valence-corrected chi connectivity index (χ3v) is 2.01. The minimum atomic E-state index is -0.277. The maximum absolute atomic E-state index is 10.7. The molecule has 3 nitrogen and oxygen atoms in total. The summed E-state index contributed by atoms with van der Waals surface area (Å²) in [5.41, 5.74) is 0. The lowest BCUT2D eigenvalue weighted by Crippen LogP contribution is -2.24. The molecule has 0 saturated carbocycles. The van der Waals surface area contributed by atoms with Gasteiger partial charge in [0.15, 0.2) is 0 Å². The average molecular weight is 169 g/mol. The van der Waals surface area contributed by atoms with Crippen molar-refractivity contribution in [2.24, 2.45) is 0 Å². The molecule has 0 amide bonds. The summed E-state index contributed by atoms with van der Waals surface area (Å²) in [5, 5.41) is 0. The summed E-state index contributed by atoms with van der Waals surface area (Å²) in [6.07, 6.45) is 7.07. The summed E-state index contributed by atoms with van der Waals surface area (Å²) in [6, 6.07) is 0. The first kappa shape index (κ1) is 9.10. The largest absolute Gasteiger partial charge is 0.466 e. The molecule has 0 N–H and O–H groups in total. The molecule has 0 spiro atoms. The summed E-state index contributed by atoms with van der Waals surface area (Å²) in [5.74, 6) is -0.277. The predicted octanol–water partition coefficient (Wildman–Crippen LogP) is 1.16. The van der Waals surface area contributed by atoms with Gasteiger partial charge in [-0.25, -0.2) is 4.79 Å². The molecule has 1 fully saturated rings. The van der Waals surface area contributed by atoms with Gasteiger partial charge in [0, 0.05) is 25.4 Å². The van der Waals surface area contributed by atoms with Gasteiger partial charge in [-0.1, -0.05) is 0 Å². The summed E-state index contributed by atoms with van der Waals surface area (Å²) in [6.45, 7) is 2.13. The first-order chi connectivity index (χ1) is 5.83. The Labute approximate surface area is 73.0 Å². The number of rotatable bonds is 2. The van der Waals surface area contributed by atoms with Crippen LogP contribution in [-0.2, 0) is 9.53 Å². The van der Waals surface area contributed by atoms with Crippen LogP contribution in [0.15, 0.2) is 12.3 Å². The molecular formula is C9H15NO2. The van der Waals surface area contributed by atoms with Crippen molar-refractivity contribution < 1.29 is 9.53 Å². The van der Waals surface area contributed by atoms with Gasteiger partial charge < -0.3 is 9.64 Å². The SMILES string of the molecule is COC(=O)/C=C/N1CCCCC1. The number of carbonyl (C=O) groups is 1. The van der Waals surface area contributed by atoms with Crippen molar-refractivity contribution in [1.29, 1.82) is 0 Å². The Morgan fingerprint density at radius 2 is 2.00 bits per heavy atom. The summed E-state index contributed by atoms with van der Waals surface area (Å²) < 4.78 is 4.49. The van der Waals surface area contributed by atoms with E-state index in [9.17, 15) is 4.79 Å². The number of hydrogen-bond donors (Lipinski definition) is 0. The molecule has 0 atom stereocenters. The van der Waals surface area contributed by atoms with Crippen molar-refractivity contribution in [2.45, 2.75) is 19.3 Å². The van der Waals surface area contributed by atoms with Crippen molar-refractivity contribution in [3.63, 3.8) is 0 Å². The van der Waals surface area contributed by atoms with Gasteiger partial charge in [0.05, 0.1) is 7.11 Å². The average Bonchev–Trinajstić information content (AvgIpc) is 2.16. The minimum absolute atomic E-state index is 0.277. The lowest BCUT2D eigenvalue weighted by Gasteiger charge is -2.24. The number of methoxy groups -OCH3 is 1. The Balaban J connectivity index is 2.28. The Hall–Kier alpha value is -0.990. The first-order valence-corrected chi connectivity index (χ1v) is 4.33. The molecule has 0 aromatic heterocycles. The van der Waals surface area contributed by atoms with Gasteiger partial charge in [0.25, 0.3) is 0 Å². The summed E-state index contributed by atoms with van der Waals surface area (Å²) >= 11 is 0. The van der Waals surface area contributed by atoms with Crippen molar-refractivity contribution in [1.82, 2.24) is 4.90 Å². The maximum atomic E-state index is 10.7. The second-order valence-electron chi connectivity index (χ2n) is 2.94. The van der Waals surface area contributed by atoms with E-state index in [1.807, 2.05) is 6.20 Å². The van der Waals surface area contributed by atoms with E-state index < -0.39 is 0 Å². The molecule has 68 valence electrons. The topological polar surface area (TPSA) is 29.5 Å². The molecule has 12 heavy (non-hydrogen) atoms. The Bertz CT molecular complexity index is 171. The summed E-state index contributed by atoms with van der Waals surface area (Å²) in [7, 11) is 1.39. The molecule has 0 unspecified atom stereocenters. The highest BCUT2D eigenvalue weighted by Gasteiger charge is 2.05. The van der Waals surface area contributed by atoms with E-state index in [0.29, 0.717) is 0 Å². The molecule has 0 bridgehead atoms. The van der Waals surface area contributed by atoms with E-state index in [0.717, 1.165) is 13.1 Å². The molecule has 0 radical (unpaired) electrons. The number of hydrogen-bond acceptors (Lipinski definition) is 3. The highest BCUT2D eigenvalue weighted by Crippen LogP contribution is 2.08. The van der Waals surface area contributed by atoms with E-state index in [1.165, 1.54) is 32.4 Å². The molecular weight excluding hydrogens is 154 g/mol. The second-order valence-corrected chi connectivity index (χ2v) is 2.94. The van der Waals surface area contributed by atoms with Crippen molar-refractivity contribution >= 4 is 5.97 Å². The van der Waals surface area contributed by atoms with E-state index in [-0.39, 0.29) is 5.97 Å². The van der Waals surface area contributed by atoms with Crippen LogP contribution in [0.3, 0.4) is 0 Å². The van der Waals surface area contributed by atoms with E-state index in [2.05, 4.69) is 9.64 Å². The minimum Gasteiger partial charge on any atom is -0.466 e. The Morgan fingerprint density at radius 1 is 1.33 bits per heavy atom. The number of carbonyl (C=O) groups excluding carboxylic acids is 1. The summed E-state index contributed by atoms with van der Waals surface area (Å²) in [4.78, 5) is 12.9. The van der Waals surface area contributed by atoms with Crippen LogP contribution < -0.4 is 0 Å². The van der Waals surface area contributed by atoms with E-state index >= 15 is 0 Å². The van der Waals surface area contributed by atoms with Gasteiger partial charge >= 0.3 is 5.97 Å². The third kappa shape index (κ3) is 2.95. The molecule has 1 heterocycles. The zero-order valence-electron chi connectivity index (χ0n) is 7.45. The quantitative estimate of drug-likeness (QED) is 0.459. The van der Waals surface area contributed by atoms with Gasteiger partial charge in [-0.05, 0) is 19.3 Å². The highest BCUT2D eigenvalue weighted by molar-refractivity contribution is 5.81. The molecule has 0 aromatic rings. The number of esters is 1. The van der Waals surface area contributed by atoms with Crippen molar-refractivity contribution in [3.8, 4) is 0 Å². The number of ether oxygens (including phenoxy) is 1. The smallest absolute Gasteiger partial charge is 0.331 e. The van der Waals surface area contributed by atoms with Crippen LogP contribution in [0.2, 0.25) is 0 Å². The van der Waals surface area contributed by atoms with Crippen molar-refractivity contribution in [3.05, 3.63) is 12.3 Å². The Morgan fingerprint density at radius 3 is 2.58 bits per heavy atom. The number of piperidine rings is 1. The highest BCUT2D eigenvalue weighted by atomic mass is 16.5. The van der Waals surface area contributed by atoms with Gasteiger partial charge in [-0.2, -0.15) is 0 Å². The molecule has 1 saturated heterocycles. The van der Waals surface area contributed by atoms with Gasteiger partial charge in [-0.3, -0.25) is 0 Å². The lowest BCUT2D eigenvalue weighted by atomic mass is 10.1. The normalized spacial score (nSPS) is 18.2. The zero-order chi connectivity index (χ0) is 8.81. The van der Waals surface area contributed by atoms with E-state index in [1.54, 1.807) is 0 Å². The van der Waals surface area contributed by atoms with E-state index in [4.69, 9.17) is 0 Å². The third-order valence-electron chi connectivity index (χ3n) is 2.01. The van der Waals surface area contributed by atoms with Crippen LogP contribution in [-0.4, -0.2) is 31.1 Å². The van der Waals surface area contributed by atoms with Crippen LogP contribution in [0.4, 0.5) is 0 Å². The molecule has 1 aliphatic heterocycles. The molecule has 0 aromatic carbocycles. The van der Waals surface area contributed by atoms with Crippen molar-refractivity contribution in [2.75, 3.05) is 20.2 Å². The predicted molar refractivity (Wildman–Crippen MR) is 46.6 cm³/mol. The Kier molecular flexibility index (Phi) is 3.64. The van der Waals surface area contributed by atoms with Crippen LogP contribution in [0.5, 0.6) is 0 Å². The van der Waals surface area contributed by atoms with Gasteiger partial charge in [0.1, 0.15) is 0 Å². The fraction of sp³-hybridized carbons (Fsp3) is 0.667. The lowest BCUT2D eigenvalue weighted by molar-refractivity contribution is -0.134. The fourth-order valence-electron chi connectivity index (χ4n) is 1.30. The van der Waals surface area contributed by atoms with Gasteiger partial charge in [0.2, 0.25) is 0 Å².